The summed E-state index contributed by atoms with van der Waals surface area (Å²) in [7, 11) is -3.85. The molecule has 1 amide bonds. The highest BCUT2D eigenvalue weighted by Gasteiger charge is 2.30. The quantitative estimate of drug-likeness (QED) is 0.765. The molecule has 0 radical (unpaired) electrons. The molecule has 5 nitrogen and oxygen atoms in total. The minimum absolute atomic E-state index is 0.137. The van der Waals surface area contributed by atoms with Crippen molar-refractivity contribution in [3.63, 3.8) is 0 Å². The molecular weight excluding hydrogens is 372 g/mol. The highest BCUT2D eigenvalue weighted by atomic mass is 32.2. The maximum Gasteiger partial charge on any atom is 0.264 e. The first-order valence-electron chi connectivity index (χ1n) is 9.83. The van der Waals surface area contributed by atoms with E-state index in [0.29, 0.717) is 18.8 Å². The maximum absolute atomic E-state index is 13.4. The Bertz CT molecular complexity index is 918. The van der Waals surface area contributed by atoms with Crippen LogP contribution in [0.25, 0.3) is 0 Å². The number of hydrogen-bond acceptors (Lipinski definition) is 3. The molecule has 0 aliphatic carbocycles. The van der Waals surface area contributed by atoms with Gasteiger partial charge in [0.25, 0.3) is 10.0 Å². The number of amides is 1. The zero-order chi connectivity index (χ0) is 20.1. The molecular formula is C22H28N2O3S. The molecule has 3 rings (SSSR count). The molecule has 6 heteroatoms. The predicted molar refractivity (Wildman–Crippen MR) is 112 cm³/mol. The van der Waals surface area contributed by atoms with Crippen molar-refractivity contribution in [2.75, 3.05) is 23.9 Å². The lowest BCUT2D eigenvalue weighted by molar-refractivity contribution is -0.129. The first-order valence-corrected chi connectivity index (χ1v) is 11.3. The summed E-state index contributed by atoms with van der Waals surface area (Å²) in [5, 5.41) is 0. The van der Waals surface area contributed by atoms with Crippen LogP contribution in [0.15, 0.2) is 53.4 Å². The van der Waals surface area contributed by atoms with Gasteiger partial charge in [0.2, 0.25) is 5.91 Å². The van der Waals surface area contributed by atoms with E-state index < -0.39 is 10.0 Å². The van der Waals surface area contributed by atoms with Gasteiger partial charge in [0.05, 0.1) is 10.6 Å². The third-order valence-corrected chi connectivity index (χ3v) is 7.19. The van der Waals surface area contributed by atoms with Gasteiger partial charge in [-0.1, -0.05) is 43.2 Å². The fourth-order valence-corrected chi connectivity index (χ4v) is 5.06. The van der Waals surface area contributed by atoms with Gasteiger partial charge in [-0.2, -0.15) is 0 Å². The van der Waals surface area contributed by atoms with E-state index >= 15 is 0 Å². The Hall–Kier alpha value is -2.34. The lowest BCUT2D eigenvalue weighted by Gasteiger charge is -2.29. The van der Waals surface area contributed by atoms with E-state index in [4.69, 9.17) is 0 Å². The Morgan fingerprint density at radius 3 is 2.21 bits per heavy atom. The number of benzene rings is 2. The van der Waals surface area contributed by atoms with Crippen LogP contribution in [-0.2, 0) is 14.8 Å². The molecule has 1 heterocycles. The second-order valence-corrected chi connectivity index (χ2v) is 9.20. The van der Waals surface area contributed by atoms with Crippen molar-refractivity contribution in [1.82, 2.24) is 4.90 Å². The van der Waals surface area contributed by atoms with Crippen LogP contribution in [0.2, 0.25) is 0 Å². The number of nitrogens with zero attached hydrogens (tertiary/aromatic N) is 2. The van der Waals surface area contributed by atoms with Gasteiger partial charge in [-0.25, -0.2) is 8.42 Å². The van der Waals surface area contributed by atoms with Crippen LogP contribution < -0.4 is 4.31 Å². The van der Waals surface area contributed by atoms with Crippen LogP contribution >= 0.6 is 0 Å². The summed E-state index contributed by atoms with van der Waals surface area (Å²) in [5.74, 6) is -0.137. The SMILES string of the molecule is Cc1cccc(N(CC(=O)N2CCCCCC2)S(=O)(=O)c2ccccc2)c1C. The topological polar surface area (TPSA) is 57.7 Å². The average molecular weight is 401 g/mol. The van der Waals surface area contributed by atoms with E-state index in [1.807, 2.05) is 30.9 Å². The van der Waals surface area contributed by atoms with Gasteiger partial charge in [0, 0.05) is 13.1 Å². The summed E-state index contributed by atoms with van der Waals surface area (Å²) in [6.45, 7) is 5.06. The zero-order valence-electron chi connectivity index (χ0n) is 16.6. The second-order valence-electron chi connectivity index (χ2n) is 7.34. The second kappa shape index (κ2) is 8.78. The Labute approximate surface area is 168 Å². The normalized spacial score (nSPS) is 15.1. The number of aryl methyl sites for hydroxylation is 1. The van der Waals surface area contributed by atoms with Crippen molar-refractivity contribution in [2.24, 2.45) is 0 Å². The molecule has 0 saturated carbocycles. The number of anilines is 1. The molecule has 2 aromatic carbocycles. The predicted octanol–water partition coefficient (Wildman–Crippen LogP) is 3.90. The Kier molecular flexibility index (Phi) is 6.39. The fraction of sp³-hybridized carbons (Fsp3) is 0.409. The first-order chi connectivity index (χ1) is 13.4. The number of carbonyl (C=O) groups is 1. The molecule has 1 saturated heterocycles. The molecule has 150 valence electrons. The van der Waals surface area contributed by atoms with E-state index in [9.17, 15) is 13.2 Å². The minimum atomic E-state index is -3.85. The lowest BCUT2D eigenvalue weighted by Crippen LogP contribution is -2.43. The molecule has 0 unspecified atom stereocenters. The van der Waals surface area contributed by atoms with Crippen LogP contribution in [-0.4, -0.2) is 38.9 Å². The maximum atomic E-state index is 13.4. The number of hydrogen-bond donors (Lipinski definition) is 0. The van der Waals surface area contributed by atoms with Crippen molar-refractivity contribution in [3.8, 4) is 0 Å². The largest absolute Gasteiger partial charge is 0.341 e. The molecule has 0 atom stereocenters. The van der Waals surface area contributed by atoms with Crippen molar-refractivity contribution in [2.45, 2.75) is 44.4 Å². The van der Waals surface area contributed by atoms with Crippen molar-refractivity contribution >= 4 is 21.6 Å². The number of carbonyl (C=O) groups excluding carboxylic acids is 1. The Morgan fingerprint density at radius 1 is 0.929 bits per heavy atom. The molecule has 0 spiro atoms. The smallest absolute Gasteiger partial charge is 0.264 e. The molecule has 1 aliphatic heterocycles. The van der Waals surface area contributed by atoms with E-state index in [0.717, 1.165) is 36.8 Å². The Balaban J connectivity index is 2.00. The third kappa shape index (κ3) is 4.38. The van der Waals surface area contributed by atoms with Crippen LogP contribution in [0.4, 0.5) is 5.69 Å². The summed E-state index contributed by atoms with van der Waals surface area (Å²) >= 11 is 0. The van der Waals surface area contributed by atoms with Gasteiger partial charge >= 0.3 is 0 Å². The summed E-state index contributed by atoms with van der Waals surface area (Å²) in [6.07, 6.45) is 4.18. The van der Waals surface area contributed by atoms with Gasteiger partial charge in [0.15, 0.2) is 0 Å². The van der Waals surface area contributed by atoms with E-state index in [1.54, 1.807) is 36.4 Å². The van der Waals surface area contributed by atoms with Gasteiger partial charge in [-0.3, -0.25) is 9.10 Å². The molecule has 28 heavy (non-hydrogen) atoms. The van der Waals surface area contributed by atoms with Gasteiger partial charge in [-0.05, 0) is 56.0 Å². The van der Waals surface area contributed by atoms with E-state index in [2.05, 4.69) is 0 Å². The van der Waals surface area contributed by atoms with Crippen LogP contribution in [0.1, 0.15) is 36.8 Å². The van der Waals surface area contributed by atoms with Crippen LogP contribution in [0, 0.1) is 13.8 Å². The van der Waals surface area contributed by atoms with E-state index in [1.165, 1.54) is 4.31 Å². The van der Waals surface area contributed by atoms with Crippen molar-refractivity contribution in [3.05, 3.63) is 59.7 Å². The van der Waals surface area contributed by atoms with Crippen LogP contribution in [0.5, 0.6) is 0 Å². The standard InChI is InChI=1S/C22H28N2O3S/c1-18-11-10-14-21(19(18)2)24(28(26,27)20-12-6-5-7-13-20)17-22(25)23-15-8-3-4-9-16-23/h5-7,10-14H,3-4,8-9,15-17H2,1-2H3. The molecule has 1 fully saturated rings. The molecule has 1 aliphatic rings. The monoisotopic (exact) mass is 400 g/mol. The fourth-order valence-electron chi connectivity index (χ4n) is 3.57. The number of rotatable bonds is 5. The number of sulfonamides is 1. The zero-order valence-corrected chi connectivity index (χ0v) is 17.4. The van der Waals surface area contributed by atoms with Crippen molar-refractivity contribution < 1.29 is 13.2 Å². The first kappa shape index (κ1) is 20.4. The summed E-state index contributed by atoms with van der Waals surface area (Å²) in [4.78, 5) is 15.0. The van der Waals surface area contributed by atoms with Crippen molar-refractivity contribution in [1.29, 1.82) is 0 Å². The summed E-state index contributed by atoms with van der Waals surface area (Å²) < 4.78 is 28.2. The average Bonchev–Trinajstić information content (AvgIpc) is 2.98. The summed E-state index contributed by atoms with van der Waals surface area (Å²) in [6, 6.07) is 13.9. The lowest BCUT2D eigenvalue weighted by atomic mass is 10.1. The molecule has 0 aromatic heterocycles. The highest BCUT2D eigenvalue weighted by Crippen LogP contribution is 2.28. The van der Waals surface area contributed by atoms with Gasteiger partial charge in [-0.15, -0.1) is 0 Å². The summed E-state index contributed by atoms with van der Waals surface area (Å²) in [5.41, 5.74) is 2.42. The molecule has 0 N–H and O–H groups in total. The molecule has 2 aromatic rings. The third-order valence-electron chi connectivity index (χ3n) is 5.41. The Morgan fingerprint density at radius 2 is 1.57 bits per heavy atom. The highest BCUT2D eigenvalue weighted by molar-refractivity contribution is 7.92. The minimum Gasteiger partial charge on any atom is -0.341 e. The van der Waals surface area contributed by atoms with Crippen LogP contribution in [0.3, 0.4) is 0 Å². The van der Waals surface area contributed by atoms with Gasteiger partial charge in [0.1, 0.15) is 6.54 Å². The number of likely N-dealkylation sites (tertiary alicyclic amines) is 1. The molecule has 0 bridgehead atoms. The van der Waals surface area contributed by atoms with Gasteiger partial charge < -0.3 is 4.90 Å². The van der Waals surface area contributed by atoms with E-state index in [-0.39, 0.29) is 17.3 Å².